The van der Waals surface area contributed by atoms with Crippen LogP contribution in [0.1, 0.15) is 25.0 Å². The normalized spacial score (nSPS) is 12.4. The van der Waals surface area contributed by atoms with Gasteiger partial charge in [-0.25, -0.2) is 9.59 Å². The quantitative estimate of drug-likeness (QED) is 0.666. The molecule has 3 amide bonds. The molecule has 2 atom stereocenters. The Morgan fingerprint density at radius 3 is 2.25 bits per heavy atom. The van der Waals surface area contributed by atoms with Gasteiger partial charge in [0.25, 0.3) is 5.91 Å². The molecule has 3 N–H and O–H groups in total. The molecule has 0 radical (unpaired) electrons. The molecule has 0 aliphatic rings. The van der Waals surface area contributed by atoms with Crippen LogP contribution in [0.3, 0.4) is 0 Å². The molecular formula is C21H25N3O4. The second-order valence-electron chi connectivity index (χ2n) is 6.57. The lowest BCUT2D eigenvalue weighted by molar-refractivity contribution is -0.154. The number of ether oxygens (including phenoxy) is 1. The Morgan fingerprint density at radius 2 is 1.61 bits per heavy atom. The summed E-state index contributed by atoms with van der Waals surface area (Å²) in [5, 5.41) is 7.83. The summed E-state index contributed by atoms with van der Waals surface area (Å²) in [6, 6.07) is 13.0. The minimum Gasteiger partial charge on any atom is -0.451 e. The van der Waals surface area contributed by atoms with E-state index in [1.165, 1.54) is 13.8 Å². The Balaban J connectivity index is 1.84. The third-order valence-corrected chi connectivity index (χ3v) is 4.03. The van der Waals surface area contributed by atoms with Crippen molar-refractivity contribution < 1.29 is 19.1 Å². The van der Waals surface area contributed by atoms with E-state index < -0.39 is 30.1 Å². The van der Waals surface area contributed by atoms with Gasteiger partial charge in [-0.15, -0.1) is 0 Å². The van der Waals surface area contributed by atoms with E-state index >= 15 is 0 Å². The second kappa shape index (κ2) is 9.55. The molecule has 2 aromatic rings. The Labute approximate surface area is 164 Å². The van der Waals surface area contributed by atoms with Crippen LogP contribution in [0.25, 0.3) is 0 Å². The number of carbonyl (C=O) groups excluding carboxylic acids is 3. The van der Waals surface area contributed by atoms with Gasteiger partial charge in [0.2, 0.25) is 0 Å². The maximum absolute atomic E-state index is 12.3. The van der Waals surface area contributed by atoms with E-state index in [9.17, 15) is 14.4 Å². The predicted molar refractivity (Wildman–Crippen MR) is 108 cm³/mol. The number of para-hydroxylation sites is 1. The van der Waals surface area contributed by atoms with Gasteiger partial charge in [-0.3, -0.25) is 4.79 Å². The number of aryl methyl sites for hydroxylation is 2. The SMILES string of the molecule is Cc1ccc(NC(=O)[C@@H](C)OC(=O)[C@H](C)NC(=O)Nc2ccccc2)c(C)c1. The predicted octanol–water partition coefficient (Wildman–Crippen LogP) is 3.38. The van der Waals surface area contributed by atoms with E-state index in [0.29, 0.717) is 11.4 Å². The van der Waals surface area contributed by atoms with Gasteiger partial charge in [-0.05, 0) is 51.5 Å². The molecule has 0 unspecified atom stereocenters. The smallest absolute Gasteiger partial charge is 0.329 e. The number of rotatable bonds is 6. The lowest BCUT2D eigenvalue weighted by Crippen LogP contribution is -2.44. The molecule has 28 heavy (non-hydrogen) atoms. The van der Waals surface area contributed by atoms with E-state index in [-0.39, 0.29) is 0 Å². The number of hydrogen-bond acceptors (Lipinski definition) is 4. The summed E-state index contributed by atoms with van der Waals surface area (Å²) in [6.45, 7) is 6.82. The van der Waals surface area contributed by atoms with Crippen molar-refractivity contribution in [1.82, 2.24) is 5.32 Å². The van der Waals surface area contributed by atoms with Crippen LogP contribution in [-0.4, -0.2) is 30.1 Å². The van der Waals surface area contributed by atoms with Gasteiger partial charge >= 0.3 is 12.0 Å². The van der Waals surface area contributed by atoms with Crippen molar-refractivity contribution in [2.45, 2.75) is 39.8 Å². The molecule has 0 aliphatic carbocycles. The van der Waals surface area contributed by atoms with Gasteiger partial charge in [0.1, 0.15) is 6.04 Å². The van der Waals surface area contributed by atoms with Crippen LogP contribution < -0.4 is 16.0 Å². The minimum atomic E-state index is -1.00. The maximum atomic E-state index is 12.3. The van der Waals surface area contributed by atoms with Gasteiger partial charge in [0.05, 0.1) is 0 Å². The second-order valence-corrected chi connectivity index (χ2v) is 6.57. The number of hydrogen-bond donors (Lipinski definition) is 3. The highest BCUT2D eigenvalue weighted by Gasteiger charge is 2.23. The number of urea groups is 1. The molecule has 0 spiro atoms. The van der Waals surface area contributed by atoms with Crippen LogP contribution in [0.15, 0.2) is 48.5 Å². The first-order valence-electron chi connectivity index (χ1n) is 8.97. The van der Waals surface area contributed by atoms with E-state index in [1.807, 2.05) is 32.0 Å². The van der Waals surface area contributed by atoms with E-state index in [0.717, 1.165) is 11.1 Å². The van der Waals surface area contributed by atoms with Crippen molar-refractivity contribution in [3.63, 3.8) is 0 Å². The Morgan fingerprint density at radius 1 is 0.929 bits per heavy atom. The topological polar surface area (TPSA) is 96.5 Å². The van der Waals surface area contributed by atoms with E-state index in [4.69, 9.17) is 4.74 Å². The molecule has 0 fully saturated rings. The average Bonchev–Trinajstić information content (AvgIpc) is 2.64. The summed E-state index contributed by atoms with van der Waals surface area (Å²) in [5.41, 5.74) is 3.26. The highest BCUT2D eigenvalue weighted by atomic mass is 16.5. The zero-order valence-electron chi connectivity index (χ0n) is 16.4. The molecule has 0 bridgehead atoms. The molecule has 2 rings (SSSR count). The van der Waals surface area contributed by atoms with Gasteiger partial charge in [-0.1, -0.05) is 35.9 Å². The van der Waals surface area contributed by atoms with Crippen molar-refractivity contribution in [3.8, 4) is 0 Å². The first kappa shape index (κ1) is 21.0. The number of amides is 3. The van der Waals surface area contributed by atoms with Crippen molar-refractivity contribution in [2.75, 3.05) is 10.6 Å². The van der Waals surface area contributed by atoms with Crippen LogP contribution in [-0.2, 0) is 14.3 Å². The molecule has 7 nitrogen and oxygen atoms in total. The van der Waals surface area contributed by atoms with Crippen molar-refractivity contribution in [3.05, 3.63) is 59.7 Å². The minimum absolute atomic E-state index is 0.443. The average molecular weight is 383 g/mol. The van der Waals surface area contributed by atoms with E-state index in [2.05, 4.69) is 16.0 Å². The monoisotopic (exact) mass is 383 g/mol. The molecule has 7 heteroatoms. The lowest BCUT2D eigenvalue weighted by atomic mass is 10.1. The fourth-order valence-corrected chi connectivity index (χ4v) is 2.46. The molecule has 0 saturated heterocycles. The first-order chi connectivity index (χ1) is 13.3. The zero-order valence-corrected chi connectivity index (χ0v) is 16.4. The van der Waals surface area contributed by atoms with Crippen molar-refractivity contribution in [1.29, 1.82) is 0 Å². The van der Waals surface area contributed by atoms with Gasteiger partial charge in [0, 0.05) is 11.4 Å². The van der Waals surface area contributed by atoms with Crippen molar-refractivity contribution >= 4 is 29.3 Å². The standard InChI is InChI=1S/C21H25N3O4/c1-13-10-11-18(14(2)12-13)24-19(25)16(4)28-20(26)15(3)22-21(27)23-17-8-6-5-7-9-17/h5-12,15-16H,1-4H3,(H,24,25)(H2,22,23,27)/t15-,16+/m0/s1. The molecule has 0 aromatic heterocycles. The number of benzene rings is 2. The third-order valence-electron chi connectivity index (χ3n) is 4.03. The lowest BCUT2D eigenvalue weighted by Gasteiger charge is -2.18. The number of nitrogens with one attached hydrogen (secondary N) is 3. The van der Waals surface area contributed by atoms with Gasteiger partial charge in [0.15, 0.2) is 6.10 Å². The highest BCUT2D eigenvalue weighted by Crippen LogP contribution is 2.16. The summed E-state index contributed by atoms with van der Waals surface area (Å²) in [5.74, 6) is -1.15. The van der Waals surface area contributed by atoms with E-state index in [1.54, 1.807) is 30.3 Å². The molecule has 148 valence electrons. The molecular weight excluding hydrogens is 358 g/mol. The molecule has 2 aromatic carbocycles. The summed E-state index contributed by atoms with van der Waals surface area (Å²) in [6.07, 6.45) is -1.00. The maximum Gasteiger partial charge on any atom is 0.329 e. The number of carbonyl (C=O) groups is 3. The largest absolute Gasteiger partial charge is 0.451 e. The zero-order chi connectivity index (χ0) is 20.7. The number of esters is 1. The fraction of sp³-hybridized carbons (Fsp3) is 0.286. The van der Waals surface area contributed by atoms with Crippen LogP contribution in [0.4, 0.5) is 16.2 Å². The third kappa shape index (κ3) is 6.12. The van der Waals surface area contributed by atoms with Crippen molar-refractivity contribution in [2.24, 2.45) is 0 Å². The molecule has 0 heterocycles. The van der Waals surface area contributed by atoms with Gasteiger partial charge in [-0.2, -0.15) is 0 Å². The van der Waals surface area contributed by atoms with Crippen LogP contribution in [0.2, 0.25) is 0 Å². The summed E-state index contributed by atoms with van der Waals surface area (Å²) in [7, 11) is 0. The Kier molecular flexibility index (Phi) is 7.14. The Hall–Kier alpha value is -3.35. The Bertz CT molecular complexity index is 852. The van der Waals surface area contributed by atoms with Crippen LogP contribution in [0, 0.1) is 13.8 Å². The fourth-order valence-electron chi connectivity index (χ4n) is 2.46. The first-order valence-corrected chi connectivity index (χ1v) is 8.97. The summed E-state index contributed by atoms with van der Waals surface area (Å²) < 4.78 is 5.17. The summed E-state index contributed by atoms with van der Waals surface area (Å²) >= 11 is 0. The molecule has 0 saturated carbocycles. The summed E-state index contributed by atoms with van der Waals surface area (Å²) in [4.78, 5) is 36.4. The van der Waals surface area contributed by atoms with Gasteiger partial charge < -0.3 is 20.7 Å². The number of anilines is 2. The highest BCUT2D eigenvalue weighted by molar-refractivity contribution is 5.96. The molecule has 0 aliphatic heterocycles. The van der Waals surface area contributed by atoms with Crippen LogP contribution in [0.5, 0.6) is 0 Å². The van der Waals surface area contributed by atoms with Crippen LogP contribution >= 0.6 is 0 Å².